The van der Waals surface area contributed by atoms with Crippen molar-refractivity contribution < 1.29 is 0 Å². The van der Waals surface area contributed by atoms with Crippen LogP contribution in [0.15, 0.2) is 0 Å². The number of hydrogen-bond acceptors (Lipinski definition) is 1. The van der Waals surface area contributed by atoms with Gasteiger partial charge in [-0.15, -0.1) is 0 Å². The van der Waals surface area contributed by atoms with Gasteiger partial charge in [-0.25, -0.2) is 0 Å². The second kappa shape index (κ2) is 4.22. The monoisotopic (exact) mass is 195 g/mol. The van der Waals surface area contributed by atoms with Crippen LogP contribution in [0.4, 0.5) is 0 Å². The molecule has 2 atom stereocenters. The molecular formula is C13H25N. The standard InChI is InChI=1S/C13H25N/c1-3-11-6-4-5-7-12(11)14-10-13(2)8-9-13/h11-12,14H,3-10H2,1-2H3. The molecule has 0 bridgehead atoms. The molecule has 1 N–H and O–H groups in total. The van der Waals surface area contributed by atoms with Crippen molar-refractivity contribution in [2.45, 2.75) is 64.8 Å². The average molecular weight is 195 g/mol. The molecule has 0 aromatic carbocycles. The Balaban J connectivity index is 1.76. The lowest BCUT2D eigenvalue weighted by Gasteiger charge is -2.32. The fourth-order valence-electron chi connectivity index (χ4n) is 2.73. The van der Waals surface area contributed by atoms with Crippen LogP contribution in [0, 0.1) is 11.3 Å². The zero-order chi connectivity index (χ0) is 10.0. The molecule has 2 unspecified atom stereocenters. The summed E-state index contributed by atoms with van der Waals surface area (Å²) in [6.07, 6.45) is 10.1. The van der Waals surface area contributed by atoms with Crippen LogP contribution in [0.1, 0.15) is 58.8 Å². The zero-order valence-corrected chi connectivity index (χ0v) is 9.81. The molecule has 2 rings (SSSR count). The summed E-state index contributed by atoms with van der Waals surface area (Å²) in [6, 6.07) is 0.839. The van der Waals surface area contributed by atoms with Gasteiger partial charge < -0.3 is 5.32 Å². The molecule has 0 aliphatic heterocycles. The van der Waals surface area contributed by atoms with Crippen LogP contribution < -0.4 is 5.32 Å². The molecule has 0 amide bonds. The van der Waals surface area contributed by atoms with Gasteiger partial charge in [0.05, 0.1) is 0 Å². The van der Waals surface area contributed by atoms with Gasteiger partial charge in [0.15, 0.2) is 0 Å². The molecule has 2 aliphatic rings. The fraction of sp³-hybridized carbons (Fsp3) is 1.00. The van der Waals surface area contributed by atoms with Gasteiger partial charge in [-0.05, 0) is 37.0 Å². The van der Waals surface area contributed by atoms with Gasteiger partial charge in [-0.1, -0.05) is 33.1 Å². The summed E-state index contributed by atoms with van der Waals surface area (Å²) in [5, 5.41) is 3.83. The van der Waals surface area contributed by atoms with E-state index in [1.807, 2.05) is 0 Å². The minimum atomic E-state index is 0.676. The van der Waals surface area contributed by atoms with Crippen molar-refractivity contribution in [2.75, 3.05) is 6.54 Å². The Morgan fingerprint density at radius 2 is 1.93 bits per heavy atom. The third-order valence-electron chi connectivity index (χ3n) is 4.33. The van der Waals surface area contributed by atoms with Crippen LogP contribution >= 0.6 is 0 Å². The molecule has 14 heavy (non-hydrogen) atoms. The SMILES string of the molecule is CCC1CCCCC1NCC1(C)CC1. The Kier molecular flexibility index (Phi) is 3.16. The molecule has 0 saturated heterocycles. The van der Waals surface area contributed by atoms with Crippen molar-refractivity contribution in [3.8, 4) is 0 Å². The lowest BCUT2D eigenvalue weighted by atomic mass is 9.82. The molecule has 2 aliphatic carbocycles. The summed E-state index contributed by atoms with van der Waals surface area (Å²) < 4.78 is 0. The van der Waals surface area contributed by atoms with Crippen LogP contribution in [0.3, 0.4) is 0 Å². The Labute approximate surface area is 88.7 Å². The Bertz CT molecular complexity index is 184. The van der Waals surface area contributed by atoms with E-state index in [4.69, 9.17) is 0 Å². The van der Waals surface area contributed by atoms with Crippen molar-refractivity contribution in [2.24, 2.45) is 11.3 Å². The number of hydrogen-bond donors (Lipinski definition) is 1. The molecule has 0 aromatic rings. The maximum Gasteiger partial charge on any atom is 0.00954 e. The van der Waals surface area contributed by atoms with E-state index in [1.165, 1.54) is 51.5 Å². The van der Waals surface area contributed by atoms with E-state index in [-0.39, 0.29) is 0 Å². The molecule has 1 heteroatoms. The number of nitrogens with one attached hydrogen (secondary N) is 1. The van der Waals surface area contributed by atoms with Gasteiger partial charge in [0.2, 0.25) is 0 Å². The highest BCUT2D eigenvalue weighted by atomic mass is 14.9. The Morgan fingerprint density at radius 3 is 2.57 bits per heavy atom. The summed E-state index contributed by atoms with van der Waals surface area (Å²) in [6.45, 7) is 6.04. The Hall–Kier alpha value is -0.0400. The first-order valence-corrected chi connectivity index (χ1v) is 6.47. The van der Waals surface area contributed by atoms with Gasteiger partial charge >= 0.3 is 0 Å². The highest BCUT2D eigenvalue weighted by Gasteiger charge is 2.37. The van der Waals surface area contributed by atoms with Crippen LogP contribution in [-0.2, 0) is 0 Å². The first-order chi connectivity index (χ1) is 6.73. The molecule has 0 radical (unpaired) electrons. The highest BCUT2D eigenvalue weighted by molar-refractivity contribution is 4.92. The predicted octanol–water partition coefficient (Wildman–Crippen LogP) is 3.34. The van der Waals surface area contributed by atoms with Crippen molar-refractivity contribution in [3.63, 3.8) is 0 Å². The molecule has 2 fully saturated rings. The van der Waals surface area contributed by atoms with Crippen molar-refractivity contribution in [1.29, 1.82) is 0 Å². The zero-order valence-electron chi connectivity index (χ0n) is 9.81. The minimum absolute atomic E-state index is 0.676. The van der Waals surface area contributed by atoms with E-state index in [2.05, 4.69) is 19.2 Å². The van der Waals surface area contributed by atoms with Crippen molar-refractivity contribution >= 4 is 0 Å². The largest absolute Gasteiger partial charge is 0.313 e. The molecular weight excluding hydrogens is 170 g/mol. The summed E-state index contributed by atoms with van der Waals surface area (Å²) in [4.78, 5) is 0. The molecule has 0 spiro atoms. The van der Waals surface area contributed by atoms with Crippen LogP contribution in [0.25, 0.3) is 0 Å². The predicted molar refractivity (Wildman–Crippen MR) is 61.4 cm³/mol. The summed E-state index contributed by atoms with van der Waals surface area (Å²) >= 11 is 0. The third-order valence-corrected chi connectivity index (χ3v) is 4.33. The average Bonchev–Trinajstić information content (AvgIpc) is 2.95. The van der Waals surface area contributed by atoms with E-state index >= 15 is 0 Å². The second-order valence-electron chi connectivity index (χ2n) is 5.75. The fourth-order valence-corrected chi connectivity index (χ4v) is 2.73. The summed E-state index contributed by atoms with van der Waals surface area (Å²) in [5.74, 6) is 0.964. The topological polar surface area (TPSA) is 12.0 Å². The van der Waals surface area contributed by atoms with Crippen molar-refractivity contribution in [1.82, 2.24) is 5.32 Å². The van der Waals surface area contributed by atoms with Crippen LogP contribution in [0.5, 0.6) is 0 Å². The smallest absolute Gasteiger partial charge is 0.00954 e. The molecule has 0 heterocycles. The summed E-state index contributed by atoms with van der Waals surface area (Å²) in [5.41, 5.74) is 0.676. The van der Waals surface area contributed by atoms with E-state index in [0.717, 1.165) is 12.0 Å². The molecule has 0 aromatic heterocycles. The maximum atomic E-state index is 3.83. The second-order valence-corrected chi connectivity index (χ2v) is 5.75. The van der Waals surface area contributed by atoms with E-state index in [1.54, 1.807) is 0 Å². The number of rotatable bonds is 4. The van der Waals surface area contributed by atoms with E-state index < -0.39 is 0 Å². The van der Waals surface area contributed by atoms with Gasteiger partial charge in [0.1, 0.15) is 0 Å². The maximum absolute atomic E-state index is 3.83. The van der Waals surface area contributed by atoms with Crippen molar-refractivity contribution in [3.05, 3.63) is 0 Å². The molecule has 2 saturated carbocycles. The quantitative estimate of drug-likeness (QED) is 0.725. The van der Waals surface area contributed by atoms with Gasteiger partial charge in [-0.3, -0.25) is 0 Å². The first-order valence-electron chi connectivity index (χ1n) is 6.47. The Morgan fingerprint density at radius 1 is 1.21 bits per heavy atom. The van der Waals surface area contributed by atoms with Gasteiger partial charge in [0.25, 0.3) is 0 Å². The van der Waals surface area contributed by atoms with Crippen LogP contribution in [-0.4, -0.2) is 12.6 Å². The third kappa shape index (κ3) is 2.50. The lowest BCUT2D eigenvalue weighted by Crippen LogP contribution is -2.40. The van der Waals surface area contributed by atoms with Crippen LogP contribution in [0.2, 0.25) is 0 Å². The highest BCUT2D eigenvalue weighted by Crippen LogP contribution is 2.44. The minimum Gasteiger partial charge on any atom is -0.313 e. The van der Waals surface area contributed by atoms with Gasteiger partial charge in [-0.2, -0.15) is 0 Å². The normalized spacial score (nSPS) is 35.6. The van der Waals surface area contributed by atoms with E-state index in [9.17, 15) is 0 Å². The first kappa shape index (κ1) is 10.5. The van der Waals surface area contributed by atoms with E-state index in [0.29, 0.717) is 5.41 Å². The summed E-state index contributed by atoms with van der Waals surface area (Å²) in [7, 11) is 0. The molecule has 82 valence electrons. The van der Waals surface area contributed by atoms with Gasteiger partial charge in [0, 0.05) is 12.6 Å². The molecule has 1 nitrogen and oxygen atoms in total. The lowest BCUT2D eigenvalue weighted by molar-refractivity contribution is 0.245.